The molecule has 0 radical (unpaired) electrons. The van der Waals surface area contributed by atoms with Crippen LogP contribution in [0.15, 0.2) is 29.4 Å². The van der Waals surface area contributed by atoms with Gasteiger partial charge in [0, 0.05) is 16.6 Å². The van der Waals surface area contributed by atoms with Crippen LogP contribution in [0.1, 0.15) is 33.1 Å². The molecule has 26 heavy (non-hydrogen) atoms. The molecule has 0 unspecified atom stereocenters. The highest BCUT2D eigenvalue weighted by atomic mass is 35.5. The Bertz CT molecular complexity index is 763. The Kier molecular flexibility index (Phi) is 6.09. The normalized spacial score (nSPS) is 23.0. The monoisotopic (exact) mass is 393 g/mol. The molecule has 6 nitrogen and oxygen atoms in total. The molecule has 3 N–H and O–H groups in total. The number of nitrogens with zero attached hydrogens (tertiary/aromatic N) is 3. The van der Waals surface area contributed by atoms with Crippen LogP contribution in [0.4, 0.5) is 0 Å². The minimum atomic E-state index is 0.0111. The summed E-state index contributed by atoms with van der Waals surface area (Å²) in [7, 11) is 0. The Morgan fingerprint density at radius 1 is 1.31 bits per heavy atom. The molecule has 0 saturated heterocycles. The summed E-state index contributed by atoms with van der Waals surface area (Å²) < 4.78 is 1.41. The van der Waals surface area contributed by atoms with Crippen molar-refractivity contribution in [2.24, 2.45) is 11.8 Å². The molecule has 1 aliphatic rings. The van der Waals surface area contributed by atoms with Gasteiger partial charge in [-0.2, -0.15) is 0 Å². The highest BCUT2D eigenvalue weighted by molar-refractivity contribution is 7.99. The van der Waals surface area contributed by atoms with Crippen molar-refractivity contribution in [3.05, 3.63) is 29.3 Å². The highest BCUT2D eigenvalue weighted by Gasteiger charge is 2.28. The standard InChI is InChI=1S/C18H24ClN5OS/c1-11-4-3-5-15(12(11)2)21-16(25)10-26-18-23-22-17(24(18)20)13-6-8-14(19)9-7-13/h6-9,11-12,15H,3-5,10,20H2,1-2H3,(H,21,25)/t11-,12+,15-/m0/s1. The number of carbonyl (C=O) groups is 1. The topological polar surface area (TPSA) is 85.8 Å². The molecule has 140 valence electrons. The number of nitrogens with two attached hydrogens (primary N) is 1. The Labute approximate surface area is 162 Å². The fourth-order valence-electron chi connectivity index (χ4n) is 3.34. The number of amides is 1. The average Bonchev–Trinajstić information content (AvgIpc) is 2.99. The number of nitrogens with one attached hydrogen (secondary N) is 1. The van der Waals surface area contributed by atoms with Crippen molar-refractivity contribution in [2.45, 2.75) is 44.3 Å². The Hall–Kier alpha value is -1.73. The lowest BCUT2D eigenvalue weighted by Crippen LogP contribution is -2.44. The number of hydrogen-bond acceptors (Lipinski definition) is 5. The molecule has 3 rings (SSSR count). The third-order valence-corrected chi connectivity index (χ3v) is 6.35. The van der Waals surface area contributed by atoms with Crippen molar-refractivity contribution >= 4 is 29.3 Å². The minimum Gasteiger partial charge on any atom is -0.352 e. The van der Waals surface area contributed by atoms with E-state index in [4.69, 9.17) is 17.4 Å². The summed E-state index contributed by atoms with van der Waals surface area (Å²) in [5.41, 5.74) is 0.825. The smallest absolute Gasteiger partial charge is 0.230 e. The van der Waals surface area contributed by atoms with Crippen molar-refractivity contribution in [2.75, 3.05) is 11.6 Å². The molecule has 1 heterocycles. The number of benzene rings is 1. The van der Waals surface area contributed by atoms with Crippen LogP contribution >= 0.6 is 23.4 Å². The number of nitrogen functional groups attached to an aromatic ring is 1. The van der Waals surface area contributed by atoms with Gasteiger partial charge in [-0.1, -0.05) is 50.1 Å². The Morgan fingerprint density at radius 2 is 2.04 bits per heavy atom. The maximum atomic E-state index is 12.3. The molecule has 3 atom stereocenters. The van der Waals surface area contributed by atoms with Crippen molar-refractivity contribution in [1.82, 2.24) is 20.2 Å². The van der Waals surface area contributed by atoms with Gasteiger partial charge >= 0.3 is 0 Å². The number of hydrogen-bond donors (Lipinski definition) is 2. The van der Waals surface area contributed by atoms with Gasteiger partial charge in [0.15, 0.2) is 5.82 Å². The number of aromatic nitrogens is 3. The summed E-state index contributed by atoms with van der Waals surface area (Å²) in [6.07, 6.45) is 3.47. The van der Waals surface area contributed by atoms with Crippen molar-refractivity contribution in [3.8, 4) is 11.4 Å². The Balaban J connectivity index is 1.58. The lowest BCUT2D eigenvalue weighted by atomic mass is 9.78. The second-order valence-electron chi connectivity index (χ2n) is 6.91. The first-order valence-electron chi connectivity index (χ1n) is 8.84. The zero-order valence-electron chi connectivity index (χ0n) is 15.0. The Morgan fingerprint density at radius 3 is 2.77 bits per heavy atom. The minimum absolute atomic E-state index is 0.0111. The fraction of sp³-hybridized carbons (Fsp3) is 0.500. The van der Waals surface area contributed by atoms with Gasteiger partial charge in [-0.05, 0) is 42.5 Å². The molecule has 0 bridgehead atoms. The summed E-state index contributed by atoms with van der Waals surface area (Å²) in [6.45, 7) is 4.48. The van der Waals surface area contributed by atoms with E-state index < -0.39 is 0 Å². The zero-order chi connectivity index (χ0) is 18.7. The second kappa shape index (κ2) is 8.31. The van der Waals surface area contributed by atoms with Crippen LogP contribution in [0.5, 0.6) is 0 Å². The van der Waals surface area contributed by atoms with Crippen molar-refractivity contribution in [1.29, 1.82) is 0 Å². The van der Waals surface area contributed by atoms with E-state index >= 15 is 0 Å². The first kappa shape index (κ1) is 19.0. The zero-order valence-corrected chi connectivity index (χ0v) is 16.6. The SMILES string of the molecule is C[C@H]1[C@@H](NC(=O)CSc2nnc(-c3ccc(Cl)cc3)n2N)CCC[C@@H]1C. The predicted octanol–water partition coefficient (Wildman–Crippen LogP) is 3.35. The van der Waals surface area contributed by atoms with E-state index in [9.17, 15) is 4.79 Å². The van der Waals surface area contributed by atoms with Crippen LogP contribution in [0.2, 0.25) is 5.02 Å². The molecular formula is C18H24ClN5OS. The van der Waals surface area contributed by atoms with E-state index in [0.717, 1.165) is 12.0 Å². The predicted molar refractivity (Wildman–Crippen MR) is 105 cm³/mol. The van der Waals surface area contributed by atoms with Crippen LogP contribution < -0.4 is 11.2 Å². The molecule has 0 aliphatic heterocycles. The number of rotatable bonds is 5. The van der Waals surface area contributed by atoms with Gasteiger partial charge in [-0.25, -0.2) is 4.68 Å². The summed E-state index contributed by atoms with van der Waals surface area (Å²) in [5, 5.41) is 12.5. The summed E-state index contributed by atoms with van der Waals surface area (Å²) >= 11 is 7.20. The van der Waals surface area contributed by atoms with Crippen LogP contribution in [-0.2, 0) is 4.79 Å². The van der Waals surface area contributed by atoms with Crippen molar-refractivity contribution in [3.63, 3.8) is 0 Å². The molecule has 1 fully saturated rings. The van der Waals surface area contributed by atoms with E-state index in [1.807, 2.05) is 12.1 Å². The van der Waals surface area contributed by atoms with Gasteiger partial charge < -0.3 is 11.2 Å². The molecule has 2 aromatic rings. The van der Waals surface area contributed by atoms with Crippen LogP contribution in [0.3, 0.4) is 0 Å². The van der Waals surface area contributed by atoms with E-state index in [2.05, 4.69) is 29.4 Å². The van der Waals surface area contributed by atoms with E-state index in [-0.39, 0.29) is 17.7 Å². The maximum absolute atomic E-state index is 12.3. The summed E-state index contributed by atoms with van der Waals surface area (Å²) in [6, 6.07) is 7.48. The first-order valence-corrected chi connectivity index (χ1v) is 10.2. The van der Waals surface area contributed by atoms with Crippen molar-refractivity contribution < 1.29 is 4.79 Å². The quantitative estimate of drug-likeness (QED) is 0.601. The molecule has 0 spiro atoms. The van der Waals surface area contributed by atoms with Crippen LogP contribution in [-0.4, -0.2) is 32.6 Å². The second-order valence-corrected chi connectivity index (χ2v) is 8.29. The number of halogens is 1. The van der Waals surface area contributed by atoms with Gasteiger partial charge in [0.2, 0.25) is 11.1 Å². The molecule has 8 heteroatoms. The summed E-state index contributed by atoms with van der Waals surface area (Å²) in [4.78, 5) is 12.3. The molecule has 1 aromatic carbocycles. The average molecular weight is 394 g/mol. The molecular weight excluding hydrogens is 370 g/mol. The third kappa shape index (κ3) is 4.32. The van der Waals surface area contributed by atoms with E-state index in [0.29, 0.717) is 27.8 Å². The van der Waals surface area contributed by atoms with Gasteiger partial charge in [-0.15, -0.1) is 10.2 Å². The third-order valence-electron chi connectivity index (χ3n) is 5.15. The van der Waals surface area contributed by atoms with Gasteiger partial charge in [0.05, 0.1) is 5.75 Å². The lowest BCUT2D eigenvalue weighted by molar-refractivity contribution is -0.120. The number of carbonyl (C=O) groups excluding carboxylic acids is 1. The maximum Gasteiger partial charge on any atom is 0.230 e. The largest absolute Gasteiger partial charge is 0.352 e. The first-order chi connectivity index (χ1) is 12.5. The molecule has 1 saturated carbocycles. The summed E-state index contributed by atoms with van der Waals surface area (Å²) in [5.74, 6) is 8.07. The van der Waals surface area contributed by atoms with Crippen LogP contribution in [0.25, 0.3) is 11.4 Å². The van der Waals surface area contributed by atoms with Gasteiger partial charge in [0.25, 0.3) is 0 Å². The number of thioether (sulfide) groups is 1. The van der Waals surface area contributed by atoms with Crippen LogP contribution in [0, 0.1) is 11.8 Å². The van der Waals surface area contributed by atoms with Gasteiger partial charge in [0.1, 0.15) is 0 Å². The van der Waals surface area contributed by atoms with Gasteiger partial charge in [-0.3, -0.25) is 4.79 Å². The van der Waals surface area contributed by atoms with E-state index in [1.54, 1.807) is 12.1 Å². The lowest BCUT2D eigenvalue weighted by Gasteiger charge is -2.34. The fourth-order valence-corrected chi connectivity index (χ4v) is 4.13. The highest BCUT2D eigenvalue weighted by Crippen LogP contribution is 2.29. The molecule has 1 aliphatic carbocycles. The molecule has 1 aromatic heterocycles. The molecule has 1 amide bonds. The van der Waals surface area contributed by atoms with E-state index in [1.165, 1.54) is 29.3 Å².